The summed E-state index contributed by atoms with van der Waals surface area (Å²) in [6, 6.07) is 0. The Balaban J connectivity index is 2.66. The number of hydrogen-bond donors (Lipinski definition) is 0. The van der Waals surface area contributed by atoms with Crippen LogP contribution in [0.5, 0.6) is 0 Å². The van der Waals surface area contributed by atoms with Crippen molar-refractivity contribution in [2.45, 2.75) is 45.0 Å². The van der Waals surface area contributed by atoms with Crippen LogP contribution >= 0.6 is 0 Å². The molecule has 0 aromatic carbocycles. The smallest absolute Gasteiger partial charge is 0.168 e. The van der Waals surface area contributed by atoms with Crippen molar-refractivity contribution in [2.75, 3.05) is 13.2 Å². The van der Waals surface area contributed by atoms with Crippen LogP contribution in [0.1, 0.15) is 33.6 Å². The summed E-state index contributed by atoms with van der Waals surface area (Å²) in [5, 5.41) is 3.54. The Labute approximate surface area is 84.0 Å². The Morgan fingerprint density at radius 2 is 2.07 bits per heavy atom. The monoisotopic (exact) mass is 199 g/mol. The maximum Gasteiger partial charge on any atom is 0.168 e. The van der Waals surface area contributed by atoms with E-state index in [1.807, 2.05) is 20.8 Å². The Bertz CT molecular complexity index is 246. The van der Waals surface area contributed by atoms with E-state index in [9.17, 15) is 0 Å². The first kappa shape index (κ1) is 11.3. The quantitative estimate of drug-likeness (QED) is 0.396. The van der Waals surface area contributed by atoms with Gasteiger partial charge in [0.05, 0.1) is 18.8 Å². The second-order valence-corrected chi connectivity index (χ2v) is 3.85. The van der Waals surface area contributed by atoms with Crippen LogP contribution in [-0.2, 0) is 9.47 Å². The van der Waals surface area contributed by atoms with Crippen molar-refractivity contribution in [3.05, 3.63) is 10.4 Å². The molecule has 0 spiro atoms. The molecule has 1 fully saturated rings. The number of rotatable bonds is 4. The molecule has 0 aromatic heterocycles. The summed E-state index contributed by atoms with van der Waals surface area (Å²) >= 11 is 0. The van der Waals surface area contributed by atoms with E-state index in [4.69, 9.17) is 15.0 Å². The van der Waals surface area contributed by atoms with Crippen LogP contribution in [0.25, 0.3) is 10.4 Å². The van der Waals surface area contributed by atoms with E-state index < -0.39 is 11.4 Å². The molecule has 0 saturated carbocycles. The molecule has 80 valence electrons. The molecule has 0 radical (unpaired) electrons. The summed E-state index contributed by atoms with van der Waals surface area (Å²) in [5.41, 5.74) is 7.79. The van der Waals surface area contributed by atoms with E-state index in [1.165, 1.54) is 0 Å². The van der Waals surface area contributed by atoms with Crippen LogP contribution < -0.4 is 0 Å². The molecule has 1 aliphatic rings. The van der Waals surface area contributed by atoms with Crippen LogP contribution in [0.4, 0.5) is 0 Å². The number of ether oxygens (including phenoxy) is 2. The largest absolute Gasteiger partial charge is 0.347 e. The van der Waals surface area contributed by atoms with Gasteiger partial charge in [-0.05, 0) is 25.3 Å². The SMILES string of the molecule is CCC1(CC)OC[C@@](C)(CN=[N+]=[N-])O1. The zero-order valence-electron chi connectivity index (χ0n) is 8.99. The first-order chi connectivity index (χ1) is 6.60. The van der Waals surface area contributed by atoms with Gasteiger partial charge in [0, 0.05) is 4.91 Å². The minimum Gasteiger partial charge on any atom is -0.347 e. The average molecular weight is 199 g/mol. The summed E-state index contributed by atoms with van der Waals surface area (Å²) in [6.45, 7) is 6.79. The third kappa shape index (κ3) is 2.18. The molecule has 5 nitrogen and oxygen atoms in total. The van der Waals surface area contributed by atoms with Gasteiger partial charge < -0.3 is 9.47 Å². The maximum atomic E-state index is 8.25. The minimum absolute atomic E-state index is 0.325. The molecule has 0 unspecified atom stereocenters. The van der Waals surface area contributed by atoms with E-state index in [0.29, 0.717) is 13.2 Å². The molecule has 0 N–H and O–H groups in total. The van der Waals surface area contributed by atoms with Gasteiger partial charge in [-0.25, -0.2) is 0 Å². The van der Waals surface area contributed by atoms with Crippen molar-refractivity contribution in [2.24, 2.45) is 5.11 Å². The normalized spacial score (nSPS) is 29.9. The predicted octanol–water partition coefficient (Wildman–Crippen LogP) is 2.62. The molecule has 14 heavy (non-hydrogen) atoms. The van der Waals surface area contributed by atoms with Gasteiger partial charge in [-0.2, -0.15) is 0 Å². The first-order valence-electron chi connectivity index (χ1n) is 4.95. The van der Waals surface area contributed by atoms with Crippen LogP contribution in [0, 0.1) is 0 Å². The van der Waals surface area contributed by atoms with Crippen molar-refractivity contribution in [1.29, 1.82) is 0 Å². The molecular weight excluding hydrogens is 182 g/mol. The van der Waals surface area contributed by atoms with Gasteiger partial charge in [0.2, 0.25) is 0 Å². The summed E-state index contributed by atoms with van der Waals surface area (Å²) in [4.78, 5) is 2.73. The lowest BCUT2D eigenvalue weighted by Gasteiger charge is -2.28. The number of nitrogens with zero attached hydrogens (tertiary/aromatic N) is 3. The van der Waals surface area contributed by atoms with E-state index >= 15 is 0 Å². The average Bonchev–Trinajstić information content (AvgIpc) is 2.55. The van der Waals surface area contributed by atoms with E-state index in [2.05, 4.69) is 10.0 Å². The van der Waals surface area contributed by atoms with Crippen LogP contribution in [0.2, 0.25) is 0 Å². The first-order valence-corrected chi connectivity index (χ1v) is 4.95. The molecule has 1 atom stereocenters. The lowest BCUT2D eigenvalue weighted by Crippen LogP contribution is -2.36. The highest BCUT2D eigenvalue weighted by Crippen LogP contribution is 2.36. The van der Waals surface area contributed by atoms with Gasteiger partial charge in [0.15, 0.2) is 5.79 Å². The fourth-order valence-corrected chi connectivity index (χ4v) is 1.65. The number of azide groups is 1. The highest BCUT2D eigenvalue weighted by atomic mass is 16.8. The Morgan fingerprint density at radius 3 is 2.50 bits per heavy atom. The van der Waals surface area contributed by atoms with Crippen LogP contribution in [0.15, 0.2) is 5.11 Å². The lowest BCUT2D eigenvalue weighted by molar-refractivity contribution is -0.186. The number of hydrogen-bond acceptors (Lipinski definition) is 3. The Hall–Kier alpha value is -0.770. The second-order valence-electron chi connectivity index (χ2n) is 3.85. The zero-order valence-corrected chi connectivity index (χ0v) is 8.99. The molecular formula is C9H17N3O2. The third-order valence-electron chi connectivity index (χ3n) is 2.62. The van der Waals surface area contributed by atoms with Crippen molar-refractivity contribution in [3.8, 4) is 0 Å². The zero-order chi connectivity index (χ0) is 10.7. The van der Waals surface area contributed by atoms with Crippen molar-refractivity contribution in [1.82, 2.24) is 0 Å². The highest BCUT2D eigenvalue weighted by Gasteiger charge is 2.45. The molecule has 1 saturated heterocycles. The summed E-state index contributed by atoms with van der Waals surface area (Å²) in [7, 11) is 0. The van der Waals surface area contributed by atoms with Crippen LogP contribution in [0.3, 0.4) is 0 Å². The molecule has 0 amide bonds. The lowest BCUT2D eigenvalue weighted by atomic mass is 10.1. The minimum atomic E-state index is -0.472. The maximum absolute atomic E-state index is 8.25. The summed E-state index contributed by atoms with van der Waals surface area (Å²) in [6.07, 6.45) is 1.63. The van der Waals surface area contributed by atoms with Gasteiger partial charge in [-0.15, -0.1) is 0 Å². The van der Waals surface area contributed by atoms with Crippen molar-refractivity contribution >= 4 is 0 Å². The van der Waals surface area contributed by atoms with E-state index in [1.54, 1.807) is 0 Å². The van der Waals surface area contributed by atoms with Crippen molar-refractivity contribution in [3.63, 3.8) is 0 Å². The second kappa shape index (κ2) is 4.17. The predicted molar refractivity (Wildman–Crippen MR) is 52.8 cm³/mol. The standard InChI is InChI=1S/C9H17N3O2/c1-4-9(5-2)13-7-8(3,14-9)6-11-12-10/h4-7H2,1-3H3/t8-/m1/s1. The molecule has 5 heteroatoms. The van der Waals surface area contributed by atoms with Gasteiger partial charge in [-0.3, -0.25) is 0 Å². The molecule has 1 aliphatic heterocycles. The van der Waals surface area contributed by atoms with E-state index in [-0.39, 0.29) is 0 Å². The van der Waals surface area contributed by atoms with Gasteiger partial charge in [0.1, 0.15) is 0 Å². The third-order valence-corrected chi connectivity index (χ3v) is 2.62. The fraction of sp³-hybridized carbons (Fsp3) is 1.00. The molecule has 1 rings (SSSR count). The topological polar surface area (TPSA) is 67.2 Å². The molecule has 0 aliphatic carbocycles. The Morgan fingerprint density at radius 1 is 1.43 bits per heavy atom. The molecule has 0 bridgehead atoms. The van der Waals surface area contributed by atoms with Crippen molar-refractivity contribution < 1.29 is 9.47 Å². The van der Waals surface area contributed by atoms with E-state index in [0.717, 1.165) is 12.8 Å². The molecule has 0 aromatic rings. The Kier molecular flexibility index (Phi) is 3.37. The van der Waals surface area contributed by atoms with Gasteiger partial charge in [0.25, 0.3) is 0 Å². The van der Waals surface area contributed by atoms with Crippen LogP contribution in [-0.4, -0.2) is 24.5 Å². The van der Waals surface area contributed by atoms with Gasteiger partial charge in [-0.1, -0.05) is 19.0 Å². The van der Waals surface area contributed by atoms with Gasteiger partial charge >= 0.3 is 0 Å². The highest BCUT2D eigenvalue weighted by molar-refractivity contribution is 4.88. The molecule has 1 heterocycles. The summed E-state index contributed by atoms with van der Waals surface area (Å²) < 4.78 is 11.5. The fourth-order valence-electron chi connectivity index (χ4n) is 1.65. The summed E-state index contributed by atoms with van der Waals surface area (Å²) in [5.74, 6) is -0.472.